The molecular formula is C19H27NO3S2. The number of unbranched alkanes of at least 4 members (excludes halogenated alkanes) is 1. The molecule has 0 aliphatic carbocycles. The Balaban J connectivity index is 1.50. The summed E-state index contributed by atoms with van der Waals surface area (Å²) in [4.78, 5) is 14.5. The second kappa shape index (κ2) is 9.08. The first kappa shape index (κ1) is 18.8. The zero-order valence-electron chi connectivity index (χ0n) is 15.1. The van der Waals surface area contributed by atoms with Crippen molar-refractivity contribution in [1.82, 2.24) is 4.90 Å². The van der Waals surface area contributed by atoms with E-state index in [1.54, 1.807) is 14.2 Å². The van der Waals surface area contributed by atoms with Crippen LogP contribution in [0.1, 0.15) is 43.2 Å². The Kier molecular flexibility index (Phi) is 6.82. The van der Waals surface area contributed by atoms with Crippen LogP contribution in [0.5, 0.6) is 11.5 Å². The third kappa shape index (κ3) is 4.79. The lowest BCUT2D eigenvalue weighted by molar-refractivity contribution is -0.132. The molecule has 1 aromatic carbocycles. The minimum Gasteiger partial charge on any atom is -0.493 e. The fourth-order valence-electron chi connectivity index (χ4n) is 3.47. The zero-order chi connectivity index (χ0) is 17.6. The standard InChI is InChI=1S/C19H27NO3S2/c1-22-17-11-14-7-9-20(13-15(14)12-18(17)23-2)19(21)6-4-3-5-16-8-10-24-25-16/h11-12,16H,3-10,13H2,1-2H3/t16-/m1/s1. The molecule has 1 amide bonds. The largest absolute Gasteiger partial charge is 0.493 e. The van der Waals surface area contributed by atoms with E-state index < -0.39 is 0 Å². The maximum Gasteiger partial charge on any atom is 0.222 e. The van der Waals surface area contributed by atoms with Crippen LogP contribution in [0.15, 0.2) is 12.1 Å². The molecule has 3 rings (SSSR count). The van der Waals surface area contributed by atoms with Gasteiger partial charge in [-0.25, -0.2) is 0 Å². The summed E-state index contributed by atoms with van der Waals surface area (Å²) < 4.78 is 10.8. The molecule has 2 aliphatic heterocycles. The van der Waals surface area contributed by atoms with E-state index in [9.17, 15) is 4.79 Å². The monoisotopic (exact) mass is 381 g/mol. The van der Waals surface area contributed by atoms with Crippen LogP contribution in [0.3, 0.4) is 0 Å². The number of amides is 1. The van der Waals surface area contributed by atoms with E-state index in [1.807, 2.05) is 38.6 Å². The van der Waals surface area contributed by atoms with Gasteiger partial charge in [-0.2, -0.15) is 0 Å². The lowest BCUT2D eigenvalue weighted by Gasteiger charge is -2.29. The molecule has 0 aromatic heterocycles. The van der Waals surface area contributed by atoms with Crippen LogP contribution in [0.2, 0.25) is 0 Å². The number of carbonyl (C=O) groups excluding carboxylic acids is 1. The molecule has 0 radical (unpaired) electrons. The molecule has 6 heteroatoms. The van der Waals surface area contributed by atoms with Crippen molar-refractivity contribution in [3.8, 4) is 11.5 Å². The average molecular weight is 382 g/mol. The van der Waals surface area contributed by atoms with E-state index >= 15 is 0 Å². The first-order valence-corrected chi connectivity index (χ1v) is 11.4. The smallest absolute Gasteiger partial charge is 0.222 e. The number of ether oxygens (including phenoxy) is 2. The molecule has 0 unspecified atom stereocenters. The lowest BCUT2D eigenvalue weighted by atomic mass is 9.98. The quantitative estimate of drug-likeness (QED) is 0.520. The molecule has 0 spiro atoms. The first-order valence-electron chi connectivity index (χ1n) is 9.01. The molecule has 2 heterocycles. The number of nitrogens with zero attached hydrogens (tertiary/aromatic N) is 1. The highest BCUT2D eigenvalue weighted by Crippen LogP contribution is 2.40. The van der Waals surface area contributed by atoms with E-state index in [0.717, 1.165) is 36.1 Å². The minimum atomic E-state index is 0.286. The van der Waals surface area contributed by atoms with E-state index in [4.69, 9.17) is 9.47 Å². The Labute approximate surface area is 158 Å². The highest BCUT2D eigenvalue weighted by Gasteiger charge is 2.23. The molecule has 138 valence electrons. The summed E-state index contributed by atoms with van der Waals surface area (Å²) in [6, 6.07) is 4.07. The van der Waals surface area contributed by atoms with Crippen molar-refractivity contribution < 1.29 is 14.3 Å². The van der Waals surface area contributed by atoms with E-state index in [0.29, 0.717) is 13.0 Å². The molecule has 25 heavy (non-hydrogen) atoms. The van der Waals surface area contributed by atoms with E-state index in [1.165, 1.54) is 36.1 Å². The average Bonchev–Trinajstić information content (AvgIpc) is 3.16. The highest BCUT2D eigenvalue weighted by atomic mass is 33.1. The van der Waals surface area contributed by atoms with Gasteiger partial charge in [0.1, 0.15) is 0 Å². The van der Waals surface area contributed by atoms with Gasteiger partial charge in [-0.1, -0.05) is 28.0 Å². The molecule has 4 nitrogen and oxygen atoms in total. The van der Waals surface area contributed by atoms with Gasteiger partial charge < -0.3 is 14.4 Å². The van der Waals surface area contributed by atoms with Crippen molar-refractivity contribution in [2.24, 2.45) is 0 Å². The van der Waals surface area contributed by atoms with Crippen LogP contribution < -0.4 is 9.47 Å². The van der Waals surface area contributed by atoms with Crippen LogP contribution in [0.4, 0.5) is 0 Å². The van der Waals surface area contributed by atoms with Crippen LogP contribution in [0, 0.1) is 0 Å². The maximum atomic E-state index is 12.5. The topological polar surface area (TPSA) is 38.8 Å². The SMILES string of the molecule is COc1cc2c(cc1OC)CN(C(=O)CCCC[C@@H]1CCSS1)CC2. The third-order valence-electron chi connectivity index (χ3n) is 4.96. The highest BCUT2D eigenvalue weighted by molar-refractivity contribution is 8.77. The Bertz CT molecular complexity index is 603. The number of fused-ring (bicyclic) bond motifs is 1. The fourth-order valence-corrected chi connectivity index (χ4v) is 6.49. The number of methoxy groups -OCH3 is 2. The Morgan fingerprint density at radius 3 is 2.64 bits per heavy atom. The van der Waals surface area contributed by atoms with E-state index in [-0.39, 0.29) is 5.91 Å². The molecule has 0 N–H and O–H groups in total. The normalized spacial score (nSPS) is 19.6. The molecule has 1 saturated heterocycles. The number of benzene rings is 1. The van der Waals surface area contributed by atoms with Crippen molar-refractivity contribution >= 4 is 27.5 Å². The Hall–Kier alpha value is -1.01. The van der Waals surface area contributed by atoms with E-state index in [2.05, 4.69) is 0 Å². The first-order chi connectivity index (χ1) is 12.2. The Morgan fingerprint density at radius 1 is 1.20 bits per heavy atom. The second-order valence-corrected chi connectivity index (χ2v) is 9.40. The maximum absolute atomic E-state index is 12.5. The summed E-state index contributed by atoms with van der Waals surface area (Å²) in [7, 11) is 7.33. The van der Waals surface area contributed by atoms with Gasteiger partial charge in [0.2, 0.25) is 5.91 Å². The summed E-state index contributed by atoms with van der Waals surface area (Å²) in [5, 5.41) is 0.810. The fraction of sp³-hybridized carbons (Fsp3) is 0.632. The molecule has 1 aromatic rings. The number of hydrogen-bond acceptors (Lipinski definition) is 5. The van der Waals surface area contributed by atoms with Gasteiger partial charge in [0.05, 0.1) is 14.2 Å². The van der Waals surface area contributed by atoms with Crippen LogP contribution in [0.25, 0.3) is 0 Å². The minimum absolute atomic E-state index is 0.286. The summed E-state index contributed by atoms with van der Waals surface area (Å²) in [5.74, 6) is 3.08. The van der Waals surface area contributed by atoms with Gasteiger partial charge in [-0.05, 0) is 48.9 Å². The van der Waals surface area contributed by atoms with Crippen LogP contribution >= 0.6 is 21.6 Å². The van der Waals surface area contributed by atoms with Crippen molar-refractivity contribution in [3.05, 3.63) is 23.3 Å². The number of hydrogen-bond donors (Lipinski definition) is 0. The second-order valence-electron chi connectivity index (χ2n) is 6.62. The van der Waals surface area contributed by atoms with Gasteiger partial charge in [0.25, 0.3) is 0 Å². The number of carbonyl (C=O) groups is 1. The van der Waals surface area contributed by atoms with Gasteiger partial charge >= 0.3 is 0 Å². The van der Waals surface area contributed by atoms with Gasteiger partial charge in [-0.15, -0.1) is 0 Å². The molecule has 1 fully saturated rings. The van der Waals surface area contributed by atoms with Gasteiger partial charge in [-0.3, -0.25) is 4.79 Å². The molecular weight excluding hydrogens is 354 g/mol. The predicted molar refractivity (Wildman–Crippen MR) is 106 cm³/mol. The summed E-state index contributed by atoms with van der Waals surface area (Å²) in [6.07, 6.45) is 6.32. The van der Waals surface area contributed by atoms with Crippen molar-refractivity contribution in [2.45, 2.75) is 50.3 Å². The van der Waals surface area contributed by atoms with Crippen molar-refractivity contribution in [3.63, 3.8) is 0 Å². The number of rotatable bonds is 7. The van der Waals surface area contributed by atoms with Crippen LogP contribution in [-0.4, -0.2) is 42.6 Å². The zero-order valence-corrected chi connectivity index (χ0v) is 16.7. The van der Waals surface area contributed by atoms with Crippen molar-refractivity contribution in [1.29, 1.82) is 0 Å². The molecule has 2 aliphatic rings. The Morgan fingerprint density at radius 2 is 1.96 bits per heavy atom. The predicted octanol–water partition coefficient (Wildman–Crippen LogP) is 4.30. The third-order valence-corrected chi connectivity index (χ3v) is 7.97. The summed E-state index contributed by atoms with van der Waals surface area (Å²) in [6.45, 7) is 1.49. The lowest BCUT2D eigenvalue weighted by Crippen LogP contribution is -2.35. The summed E-state index contributed by atoms with van der Waals surface area (Å²) in [5.41, 5.74) is 2.44. The summed E-state index contributed by atoms with van der Waals surface area (Å²) >= 11 is 0. The van der Waals surface area contributed by atoms with Gasteiger partial charge in [0, 0.05) is 30.5 Å². The van der Waals surface area contributed by atoms with Gasteiger partial charge in [0.15, 0.2) is 11.5 Å². The van der Waals surface area contributed by atoms with Crippen LogP contribution in [-0.2, 0) is 17.8 Å². The van der Waals surface area contributed by atoms with Crippen molar-refractivity contribution in [2.75, 3.05) is 26.5 Å². The molecule has 0 saturated carbocycles. The molecule has 1 atom stereocenters. The molecule has 0 bridgehead atoms.